The molecule has 0 atom stereocenters. The van der Waals surface area contributed by atoms with Gasteiger partial charge in [-0.3, -0.25) is 14.9 Å². The van der Waals surface area contributed by atoms with E-state index >= 15 is 0 Å². The van der Waals surface area contributed by atoms with Gasteiger partial charge in [0.2, 0.25) is 0 Å². The lowest BCUT2D eigenvalue weighted by Crippen LogP contribution is -2.46. The summed E-state index contributed by atoms with van der Waals surface area (Å²) in [5, 5.41) is 14.2. The van der Waals surface area contributed by atoms with Crippen LogP contribution in [0.5, 0.6) is 5.75 Å². The molecule has 0 fully saturated rings. The first-order valence-electron chi connectivity index (χ1n) is 6.74. The fourth-order valence-corrected chi connectivity index (χ4v) is 2.09. The van der Waals surface area contributed by atoms with E-state index in [0.717, 1.165) is 0 Å². The number of benzene rings is 1. The van der Waals surface area contributed by atoms with Crippen LogP contribution in [0.3, 0.4) is 0 Å². The van der Waals surface area contributed by atoms with Gasteiger partial charge in [0.15, 0.2) is 6.61 Å². The van der Waals surface area contributed by atoms with E-state index in [1.54, 1.807) is 0 Å². The summed E-state index contributed by atoms with van der Waals surface area (Å²) >= 11 is 0. The third-order valence-electron chi connectivity index (χ3n) is 3.09. The molecule has 114 valence electrons. The van der Waals surface area contributed by atoms with Crippen molar-refractivity contribution < 1.29 is 14.5 Å². The molecule has 7 heteroatoms. The van der Waals surface area contributed by atoms with Gasteiger partial charge >= 0.3 is 0 Å². The smallest absolute Gasteiger partial charge is 0.271 e. The van der Waals surface area contributed by atoms with Crippen LogP contribution in [0.4, 0.5) is 11.4 Å². The van der Waals surface area contributed by atoms with Gasteiger partial charge in [0.05, 0.1) is 10.6 Å². The minimum Gasteiger partial charge on any atom is -0.482 e. The summed E-state index contributed by atoms with van der Waals surface area (Å²) in [6.45, 7) is 7.10. The van der Waals surface area contributed by atoms with Crippen LogP contribution in [0.15, 0.2) is 18.2 Å². The topological polar surface area (TPSA) is 84.7 Å². The Kier molecular flexibility index (Phi) is 4.13. The van der Waals surface area contributed by atoms with Crippen LogP contribution in [0, 0.1) is 10.1 Å². The second kappa shape index (κ2) is 5.69. The lowest BCUT2D eigenvalue weighted by atomic mass is 10.1. The minimum atomic E-state index is -0.481. The van der Waals surface area contributed by atoms with E-state index in [2.05, 4.69) is 5.32 Å². The van der Waals surface area contributed by atoms with Crippen molar-refractivity contribution in [2.75, 3.05) is 24.6 Å². The predicted octanol–water partition coefficient (Wildman–Crippen LogP) is 1.71. The number of nitrogens with zero attached hydrogens (tertiary/aromatic N) is 2. The largest absolute Gasteiger partial charge is 0.482 e. The van der Waals surface area contributed by atoms with Gasteiger partial charge in [-0.25, -0.2) is 0 Å². The Bertz CT molecular complexity index is 566. The van der Waals surface area contributed by atoms with Crippen LogP contribution in [0.2, 0.25) is 0 Å². The van der Waals surface area contributed by atoms with Gasteiger partial charge in [-0.05, 0) is 26.8 Å². The third kappa shape index (κ3) is 3.69. The molecule has 0 spiro atoms. The Morgan fingerprint density at radius 1 is 1.43 bits per heavy atom. The van der Waals surface area contributed by atoms with Gasteiger partial charge in [0.1, 0.15) is 5.75 Å². The summed E-state index contributed by atoms with van der Waals surface area (Å²) in [7, 11) is 0. The molecule has 1 heterocycles. The Morgan fingerprint density at radius 2 is 2.14 bits per heavy atom. The van der Waals surface area contributed by atoms with Gasteiger partial charge < -0.3 is 15.0 Å². The molecule has 0 saturated heterocycles. The zero-order valence-corrected chi connectivity index (χ0v) is 12.4. The SMILES string of the molecule is CC(C)(C)NCCN1C(=O)COc2ccc([N+](=O)[O-])cc21. The maximum absolute atomic E-state index is 12.0. The minimum absolute atomic E-state index is 0.0413. The second-order valence-electron chi connectivity index (χ2n) is 5.92. The Morgan fingerprint density at radius 3 is 2.76 bits per heavy atom. The van der Waals surface area contributed by atoms with Crippen molar-refractivity contribution in [3.63, 3.8) is 0 Å². The summed E-state index contributed by atoms with van der Waals surface area (Å²) in [5.41, 5.74) is 0.345. The van der Waals surface area contributed by atoms with Crippen molar-refractivity contribution in [3.8, 4) is 5.75 Å². The van der Waals surface area contributed by atoms with Gasteiger partial charge in [-0.2, -0.15) is 0 Å². The third-order valence-corrected chi connectivity index (χ3v) is 3.09. The van der Waals surface area contributed by atoms with E-state index in [9.17, 15) is 14.9 Å². The first kappa shape index (κ1) is 15.2. The van der Waals surface area contributed by atoms with Crippen molar-refractivity contribution in [1.82, 2.24) is 5.32 Å². The quantitative estimate of drug-likeness (QED) is 0.674. The molecule has 0 saturated carbocycles. The number of anilines is 1. The number of carbonyl (C=O) groups excluding carboxylic acids is 1. The lowest BCUT2D eigenvalue weighted by molar-refractivity contribution is -0.384. The highest BCUT2D eigenvalue weighted by atomic mass is 16.6. The van der Waals surface area contributed by atoms with E-state index in [0.29, 0.717) is 24.5 Å². The number of nitro benzene ring substituents is 1. The highest BCUT2D eigenvalue weighted by Crippen LogP contribution is 2.34. The van der Waals surface area contributed by atoms with Gasteiger partial charge in [0.25, 0.3) is 11.6 Å². The molecule has 2 rings (SSSR count). The molecule has 21 heavy (non-hydrogen) atoms. The average molecular weight is 293 g/mol. The van der Waals surface area contributed by atoms with Gasteiger partial charge in [-0.15, -0.1) is 0 Å². The number of fused-ring (bicyclic) bond motifs is 1. The number of hydrogen-bond acceptors (Lipinski definition) is 5. The normalized spacial score (nSPS) is 14.6. The molecule has 1 N–H and O–H groups in total. The van der Waals surface area contributed by atoms with E-state index in [-0.39, 0.29) is 23.7 Å². The zero-order valence-electron chi connectivity index (χ0n) is 12.4. The molecule has 1 aliphatic heterocycles. The number of ether oxygens (including phenoxy) is 1. The highest BCUT2D eigenvalue weighted by molar-refractivity contribution is 5.98. The zero-order chi connectivity index (χ0) is 15.6. The van der Waals surface area contributed by atoms with Crippen LogP contribution >= 0.6 is 0 Å². The molecule has 0 aliphatic carbocycles. The van der Waals surface area contributed by atoms with E-state index in [4.69, 9.17) is 4.74 Å². The summed E-state index contributed by atoms with van der Waals surface area (Å²) in [5.74, 6) is 0.301. The van der Waals surface area contributed by atoms with Gasteiger partial charge in [0, 0.05) is 30.8 Å². The van der Waals surface area contributed by atoms with Crippen molar-refractivity contribution in [2.24, 2.45) is 0 Å². The molecule has 0 bridgehead atoms. The van der Waals surface area contributed by atoms with Crippen molar-refractivity contribution >= 4 is 17.3 Å². The maximum atomic E-state index is 12.0. The Hall–Kier alpha value is -2.15. The molecule has 0 radical (unpaired) electrons. The molecule has 0 aromatic heterocycles. The number of non-ortho nitro benzene ring substituents is 1. The lowest BCUT2D eigenvalue weighted by Gasteiger charge is -2.30. The molecule has 1 aromatic carbocycles. The van der Waals surface area contributed by atoms with Crippen LogP contribution in [-0.4, -0.2) is 36.1 Å². The second-order valence-corrected chi connectivity index (χ2v) is 5.92. The van der Waals surface area contributed by atoms with Crippen molar-refractivity contribution in [1.29, 1.82) is 0 Å². The van der Waals surface area contributed by atoms with Crippen LogP contribution in [-0.2, 0) is 4.79 Å². The predicted molar refractivity (Wildman–Crippen MR) is 78.7 cm³/mol. The van der Waals surface area contributed by atoms with Gasteiger partial charge in [-0.1, -0.05) is 0 Å². The summed E-state index contributed by atoms with van der Waals surface area (Å²) < 4.78 is 5.31. The number of carbonyl (C=O) groups is 1. The van der Waals surface area contributed by atoms with Crippen LogP contribution in [0.1, 0.15) is 20.8 Å². The number of amides is 1. The first-order chi connectivity index (χ1) is 9.78. The molecule has 1 aliphatic rings. The standard InChI is InChI=1S/C14H19N3O4/c1-14(2,3)15-6-7-16-11-8-10(17(19)20)4-5-12(11)21-9-13(16)18/h4-5,8,15H,6-7,9H2,1-3H3. The molecule has 1 aromatic rings. The highest BCUT2D eigenvalue weighted by Gasteiger charge is 2.27. The van der Waals surface area contributed by atoms with E-state index in [1.807, 2.05) is 20.8 Å². The Balaban J connectivity index is 2.20. The number of hydrogen-bond donors (Lipinski definition) is 1. The summed E-state index contributed by atoms with van der Waals surface area (Å²) in [6.07, 6.45) is 0. The first-order valence-corrected chi connectivity index (χ1v) is 6.74. The Labute approximate surface area is 123 Å². The maximum Gasteiger partial charge on any atom is 0.271 e. The summed E-state index contributed by atoms with van der Waals surface area (Å²) in [4.78, 5) is 23.9. The average Bonchev–Trinajstić information content (AvgIpc) is 2.39. The van der Waals surface area contributed by atoms with E-state index in [1.165, 1.54) is 23.1 Å². The monoisotopic (exact) mass is 293 g/mol. The van der Waals surface area contributed by atoms with E-state index < -0.39 is 4.92 Å². The summed E-state index contributed by atoms with van der Waals surface area (Å²) in [6, 6.07) is 4.29. The van der Waals surface area contributed by atoms with Crippen molar-refractivity contribution in [3.05, 3.63) is 28.3 Å². The molecular formula is C14H19N3O4. The van der Waals surface area contributed by atoms with Crippen LogP contribution in [0.25, 0.3) is 0 Å². The number of rotatable bonds is 4. The van der Waals surface area contributed by atoms with Crippen LogP contribution < -0.4 is 15.0 Å². The molecule has 7 nitrogen and oxygen atoms in total. The fraction of sp³-hybridized carbons (Fsp3) is 0.500. The molecular weight excluding hydrogens is 274 g/mol. The molecule has 0 unspecified atom stereocenters. The fourth-order valence-electron chi connectivity index (χ4n) is 2.09. The number of nitrogens with one attached hydrogen (secondary N) is 1. The van der Waals surface area contributed by atoms with Crippen molar-refractivity contribution in [2.45, 2.75) is 26.3 Å². The number of nitro groups is 1. The molecule has 1 amide bonds.